The molecular weight excluding hydrogens is 446 g/mol. The highest BCUT2D eigenvalue weighted by Crippen LogP contribution is 2.41. The van der Waals surface area contributed by atoms with E-state index >= 15 is 0 Å². The van der Waals surface area contributed by atoms with E-state index in [4.69, 9.17) is 4.74 Å². The van der Waals surface area contributed by atoms with Crippen molar-refractivity contribution in [3.8, 4) is 11.3 Å². The van der Waals surface area contributed by atoms with Crippen molar-refractivity contribution in [1.29, 1.82) is 0 Å². The van der Waals surface area contributed by atoms with Gasteiger partial charge in [-0.3, -0.25) is 0 Å². The predicted octanol–water partition coefficient (Wildman–Crippen LogP) is 6.60. The van der Waals surface area contributed by atoms with E-state index in [-0.39, 0.29) is 0 Å². The molecule has 0 fully saturated rings. The van der Waals surface area contributed by atoms with E-state index in [0.717, 1.165) is 41.9 Å². The first kappa shape index (κ1) is 16.4. The molecule has 4 rings (SSSR count). The smallest absolute Gasteiger partial charge is 0.418 e. The van der Waals surface area contributed by atoms with Gasteiger partial charge in [0, 0.05) is 15.4 Å². The van der Waals surface area contributed by atoms with Crippen LogP contribution >= 0.6 is 31.9 Å². The van der Waals surface area contributed by atoms with Crippen LogP contribution in [0.4, 0.5) is 4.79 Å². The summed E-state index contributed by atoms with van der Waals surface area (Å²) < 4.78 is 8.45. The maximum Gasteiger partial charge on any atom is 0.418 e. The van der Waals surface area contributed by atoms with E-state index in [9.17, 15) is 4.79 Å². The quantitative estimate of drug-likeness (QED) is 0.321. The Morgan fingerprint density at radius 3 is 2.52 bits per heavy atom. The van der Waals surface area contributed by atoms with Gasteiger partial charge in [0.05, 0.1) is 22.8 Å². The molecule has 3 nitrogen and oxygen atoms in total. The Morgan fingerprint density at radius 1 is 0.960 bits per heavy atom. The molecule has 5 heteroatoms. The maximum atomic E-state index is 12.6. The lowest BCUT2D eigenvalue weighted by Gasteiger charge is -2.11. The molecule has 0 bridgehead atoms. The molecule has 0 saturated carbocycles. The summed E-state index contributed by atoms with van der Waals surface area (Å²) in [5.41, 5.74) is 2.55. The number of methoxy groups -OCH3 is 1. The van der Waals surface area contributed by atoms with Gasteiger partial charge in [-0.2, -0.15) is 0 Å². The molecule has 0 saturated heterocycles. The summed E-state index contributed by atoms with van der Waals surface area (Å²) in [5, 5.41) is 3.16. The molecule has 1 heterocycles. The Bertz CT molecular complexity index is 1130. The molecule has 124 valence electrons. The van der Waals surface area contributed by atoms with Crippen molar-refractivity contribution in [2.75, 3.05) is 7.11 Å². The number of fused-ring (bicyclic) bond motifs is 2. The Labute approximate surface area is 161 Å². The number of hydrogen-bond acceptors (Lipinski definition) is 2. The third-order valence-corrected chi connectivity index (χ3v) is 5.57. The topological polar surface area (TPSA) is 31.2 Å². The Hall–Kier alpha value is -2.11. The van der Waals surface area contributed by atoms with E-state index in [1.54, 1.807) is 4.57 Å². The number of aromatic nitrogens is 1. The third kappa shape index (κ3) is 2.58. The van der Waals surface area contributed by atoms with Crippen molar-refractivity contribution in [3.05, 3.63) is 69.6 Å². The molecule has 4 aromatic rings. The standard InChI is InChI=1S/C20H13Br2NO2/c1-25-20(24)23-17-11-13(21)9-10-16(17)18(22)19(23)15-8-4-6-12-5-2-3-7-14(12)15/h2-11H,1H3. The number of ether oxygens (including phenoxy) is 1. The summed E-state index contributed by atoms with van der Waals surface area (Å²) in [5.74, 6) is 0. The SMILES string of the molecule is COC(=O)n1c(-c2cccc3ccccc23)c(Br)c2ccc(Br)cc21. The first-order valence-electron chi connectivity index (χ1n) is 7.67. The highest BCUT2D eigenvalue weighted by Gasteiger charge is 2.23. The maximum absolute atomic E-state index is 12.6. The highest BCUT2D eigenvalue weighted by molar-refractivity contribution is 9.11. The van der Waals surface area contributed by atoms with Crippen molar-refractivity contribution >= 4 is 59.6 Å². The van der Waals surface area contributed by atoms with Crippen molar-refractivity contribution in [1.82, 2.24) is 4.57 Å². The lowest BCUT2D eigenvalue weighted by atomic mass is 10.0. The number of rotatable bonds is 1. The van der Waals surface area contributed by atoms with Crippen LogP contribution < -0.4 is 0 Å². The first-order chi connectivity index (χ1) is 12.1. The van der Waals surface area contributed by atoms with Crippen LogP contribution in [0.25, 0.3) is 32.9 Å². The Balaban J connectivity index is 2.17. The molecule has 0 unspecified atom stereocenters. The van der Waals surface area contributed by atoms with E-state index in [2.05, 4.69) is 50.1 Å². The van der Waals surface area contributed by atoms with E-state index in [0.29, 0.717) is 0 Å². The van der Waals surface area contributed by atoms with Gasteiger partial charge in [0.1, 0.15) is 0 Å². The van der Waals surface area contributed by atoms with Gasteiger partial charge in [-0.25, -0.2) is 9.36 Å². The van der Waals surface area contributed by atoms with Crippen LogP contribution in [-0.2, 0) is 4.74 Å². The minimum atomic E-state index is -0.420. The molecular formula is C20H13Br2NO2. The summed E-state index contributed by atoms with van der Waals surface area (Å²) in [6, 6.07) is 20.1. The zero-order valence-electron chi connectivity index (χ0n) is 13.3. The number of halogens is 2. The summed E-state index contributed by atoms with van der Waals surface area (Å²) in [6.45, 7) is 0. The van der Waals surface area contributed by atoms with E-state index in [1.165, 1.54) is 7.11 Å². The molecule has 0 radical (unpaired) electrons. The van der Waals surface area contributed by atoms with Crippen LogP contribution in [0, 0.1) is 0 Å². The van der Waals surface area contributed by atoms with Gasteiger partial charge in [0.25, 0.3) is 0 Å². The second-order valence-electron chi connectivity index (χ2n) is 5.66. The number of benzene rings is 3. The lowest BCUT2D eigenvalue weighted by Crippen LogP contribution is -2.12. The Morgan fingerprint density at radius 2 is 1.72 bits per heavy atom. The lowest BCUT2D eigenvalue weighted by molar-refractivity contribution is 0.174. The summed E-state index contributed by atoms with van der Waals surface area (Å²) in [4.78, 5) is 12.6. The predicted molar refractivity (Wildman–Crippen MR) is 108 cm³/mol. The van der Waals surface area contributed by atoms with Crippen LogP contribution in [-0.4, -0.2) is 17.8 Å². The van der Waals surface area contributed by atoms with Crippen molar-refractivity contribution < 1.29 is 9.53 Å². The zero-order valence-corrected chi connectivity index (χ0v) is 16.5. The van der Waals surface area contributed by atoms with Crippen molar-refractivity contribution in [3.63, 3.8) is 0 Å². The van der Waals surface area contributed by atoms with Gasteiger partial charge in [0.2, 0.25) is 0 Å². The van der Waals surface area contributed by atoms with Crippen LogP contribution in [0.15, 0.2) is 69.6 Å². The molecule has 0 aliphatic carbocycles. The van der Waals surface area contributed by atoms with Crippen LogP contribution in [0.1, 0.15) is 0 Å². The molecule has 25 heavy (non-hydrogen) atoms. The minimum Gasteiger partial charge on any atom is -0.452 e. The van der Waals surface area contributed by atoms with E-state index in [1.807, 2.05) is 42.5 Å². The molecule has 0 N–H and O–H groups in total. The van der Waals surface area contributed by atoms with Gasteiger partial charge in [-0.1, -0.05) is 64.5 Å². The molecule has 0 aliphatic rings. The number of nitrogens with zero attached hydrogens (tertiary/aromatic N) is 1. The molecule has 3 aromatic carbocycles. The fourth-order valence-electron chi connectivity index (χ4n) is 3.17. The monoisotopic (exact) mass is 457 g/mol. The van der Waals surface area contributed by atoms with Crippen LogP contribution in [0.2, 0.25) is 0 Å². The third-order valence-electron chi connectivity index (χ3n) is 4.27. The first-order valence-corrected chi connectivity index (χ1v) is 9.26. The molecule has 0 aliphatic heterocycles. The molecule has 0 atom stereocenters. The van der Waals surface area contributed by atoms with Gasteiger partial charge >= 0.3 is 6.09 Å². The number of carbonyl (C=O) groups is 1. The fourth-order valence-corrected chi connectivity index (χ4v) is 4.25. The van der Waals surface area contributed by atoms with Gasteiger partial charge in [-0.05, 0) is 38.8 Å². The van der Waals surface area contributed by atoms with Gasteiger partial charge in [-0.15, -0.1) is 0 Å². The fraction of sp³-hybridized carbons (Fsp3) is 0.0500. The molecule has 1 aromatic heterocycles. The van der Waals surface area contributed by atoms with E-state index < -0.39 is 6.09 Å². The summed E-state index contributed by atoms with van der Waals surface area (Å²) in [7, 11) is 1.40. The Kier molecular flexibility index (Phi) is 4.13. The minimum absolute atomic E-state index is 0.420. The van der Waals surface area contributed by atoms with Crippen LogP contribution in [0.3, 0.4) is 0 Å². The number of hydrogen-bond donors (Lipinski definition) is 0. The highest BCUT2D eigenvalue weighted by atomic mass is 79.9. The summed E-state index contributed by atoms with van der Waals surface area (Å²) in [6.07, 6.45) is -0.420. The second kappa shape index (κ2) is 6.32. The van der Waals surface area contributed by atoms with Crippen molar-refractivity contribution in [2.45, 2.75) is 0 Å². The molecule has 0 amide bonds. The largest absolute Gasteiger partial charge is 0.452 e. The van der Waals surface area contributed by atoms with Crippen LogP contribution in [0.5, 0.6) is 0 Å². The van der Waals surface area contributed by atoms with Crippen molar-refractivity contribution in [2.24, 2.45) is 0 Å². The van der Waals surface area contributed by atoms with Gasteiger partial charge in [0.15, 0.2) is 0 Å². The second-order valence-corrected chi connectivity index (χ2v) is 7.36. The average Bonchev–Trinajstić information content (AvgIpc) is 2.92. The number of carbonyl (C=O) groups excluding carboxylic acids is 1. The zero-order chi connectivity index (χ0) is 17.6. The summed E-state index contributed by atoms with van der Waals surface area (Å²) >= 11 is 7.19. The average molecular weight is 459 g/mol. The normalized spacial score (nSPS) is 11.2. The van der Waals surface area contributed by atoms with Gasteiger partial charge < -0.3 is 4.74 Å². The molecule has 0 spiro atoms.